The molecule has 190 valence electrons. The van der Waals surface area contributed by atoms with Crippen LogP contribution in [0.2, 0.25) is 0 Å². The zero-order valence-corrected chi connectivity index (χ0v) is 20.6. The summed E-state index contributed by atoms with van der Waals surface area (Å²) in [5, 5.41) is 12.7. The fourth-order valence-corrected chi connectivity index (χ4v) is 4.66. The van der Waals surface area contributed by atoms with Gasteiger partial charge in [-0.25, -0.2) is 0 Å². The molecule has 0 spiro atoms. The van der Waals surface area contributed by atoms with E-state index in [4.69, 9.17) is 4.42 Å². The molecule has 6 nitrogen and oxygen atoms in total. The number of benzene rings is 2. The van der Waals surface area contributed by atoms with E-state index >= 15 is 0 Å². The molecule has 0 bridgehead atoms. The molecule has 0 radical (unpaired) electrons. The second-order valence-electron chi connectivity index (χ2n) is 8.52. The Morgan fingerprint density at radius 2 is 1.89 bits per heavy atom. The Morgan fingerprint density at radius 1 is 1.11 bits per heavy atom. The Hall–Kier alpha value is -3.27. The molecule has 4 rings (SSSR count). The zero-order valence-electron chi connectivity index (χ0n) is 19.8. The number of hydrogen-bond donors (Lipinski definition) is 2. The van der Waals surface area contributed by atoms with E-state index in [0.29, 0.717) is 23.1 Å². The molecular formula is C26H27F3N4O2S. The maximum absolute atomic E-state index is 12.9. The molecule has 0 aliphatic carbocycles. The molecule has 36 heavy (non-hydrogen) atoms. The van der Waals surface area contributed by atoms with Crippen LogP contribution in [0, 0.1) is 0 Å². The Labute approximate surface area is 211 Å². The van der Waals surface area contributed by atoms with E-state index in [9.17, 15) is 18.0 Å². The number of nitrogens with zero attached hydrogens (tertiary/aromatic N) is 2. The van der Waals surface area contributed by atoms with Crippen molar-refractivity contribution in [1.29, 1.82) is 0 Å². The first-order valence-electron chi connectivity index (χ1n) is 11.8. The Bertz CT molecular complexity index is 1280. The molecule has 0 aliphatic heterocycles. The maximum Gasteiger partial charge on any atom is 0.416 e. The number of aromatic amines is 1. The summed E-state index contributed by atoms with van der Waals surface area (Å²) in [4.78, 5) is 16.1. The van der Waals surface area contributed by atoms with Gasteiger partial charge in [0.2, 0.25) is 11.8 Å². The van der Waals surface area contributed by atoms with Crippen LogP contribution in [0.25, 0.3) is 10.9 Å². The van der Waals surface area contributed by atoms with Crippen LogP contribution in [-0.2, 0) is 23.8 Å². The van der Waals surface area contributed by atoms with Crippen molar-refractivity contribution in [2.24, 2.45) is 0 Å². The van der Waals surface area contributed by atoms with E-state index in [1.54, 1.807) is 0 Å². The van der Waals surface area contributed by atoms with Crippen LogP contribution in [0.15, 0.2) is 64.4 Å². The van der Waals surface area contributed by atoms with Crippen molar-refractivity contribution in [3.05, 3.63) is 77.3 Å². The summed E-state index contributed by atoms with van der Waals surface area (Å²) in [7, 11) is 0. The minimum Gasteiger partial charge on any atom is -0.414 e. The number of aromatic nitrogens is 3. The van der Waals surface area contributed by atoms with E-state index < -0.39 is 17.8 Å². The van der Waals surface area contributed by atoms with E-state index in [1.165, 1.54) is 23.9 Å². The number of hydrogen-bond acceptors (Lipinski definition) is 5. The van der Waals surface area contributed by atoms with Crippen LogP contribution < -0.4 is 5.32 Å². The van der Waals surface area contributed by atoms with Gasteiger partial charge in [-0.15, -0.1) is 10.2 Å². The first-order chi connectivity index (χ1) is 17.3. The van der Waals surface area contributed by atoms with Gasteiger partial charge in [-0.3, -0.25) is 4.79 Å². The largest absolute Gasteiger partial charge is 0.416 e. The fraction of sp³-hybridized carbons (Fsp3) is 0.346. The zero-order chi connectivity index (χ0) is 25.5. The van der Waals surface area contributed by atoms with Crippen molar-refractivity contribution in [3.8, 4) is 0 Å². The molecule has 2 aromatic carbocycles. The number of carbonyl (C=O) groups is 1. The minimum absolute atomic E-state index is 0.0741. The molecule has 2 N–H and O–H groups in total. The van der Waals surface area contributed by atoms with Gasteiger partial charge in [0.15, 0.2) is 0 Å². The first kappa shape index (κ1) is 25.8. The minimum atomic E-state index is -4.42. The number of thioether (sulfide) groups is 1. The van der Waals surface area contributed by atoms with Crippen LogP contribution in [0.3, 0.4) is 0 Å². The second kappa shape index (κ2) is 11.6. The first-order valence-corrected chi connectivity index (χ1v) is 12.8. The third-order valence-corrected chi connectivity index (χ3v) is 6.68. The van der Waals surface area contributed by atoms with Gasteiger partial charge >= 0.3 is 6.18 Å². The van der Waals surface area contributed by atoms with Crippen LogP contribution in [0.4, 0.5) is 13.2 Å². The molecule has 10 heteroatoms. The number of carbonyl (C=O) groups excluding carboxylic acids is 1. The summed E-state index contributed by atoms with van der Waals surface area (Å²) in [6.45, 7) is 2.14. The summed E-state index contributed by atoms with van der Waals surface area (Å²) < 4.78 is 44.4. The Morgan fingerprint density at radius 3 is 2.64 bits per heavy atom. The summed E-state index contributed by atoms with van der Waals surface area (Å²) in [5.74, 6) is 0.803. The van der Waals surface area contributed by atoms with Gasteiger partial charge in [-0.2, -0.15) is 13.2 Å². The van der Waals surface area contributed by atoms with Crippen molar-refractivity contribution < 1.29 is 22.4 Å². The van der Waals surface area contributed by atoms with Crippen LogP contribution in [0.1, 0.15) is 54.8 Å². The number of alkyl halides is 3. The van der Waals surface area contributed by atoms with Crippen molar-refractivity contribution in [2.45, 2.75) is 56.5 Å². The second-order valence-corrected chi connectivity index (χ2v) is 9.56. The maximum atomic E-state index is 12.9. The molecular weight excluding hydrogens is 489 g/mol. The molecule has 0 aliphatic rings. The Kier molecular flexibility index (Phi) is 8.35. The number of halogens is 3. The lowest BCUT2D eigenvalue weighted by atomic mass is 10.0. The highest BCUT2D eigenvalue weighted by Crippen LogP contribution is 2.29. The smallest absolute Gasteiger partial charge is 0.414 e. The van der Waals surface area contributed by atoms with E-state index in [0.717, 1.165) is 53.6 Å². The molecule has 0 unspecified atom stereocenters. The summed E-state index contributed by atoms with van der Waals surface area (Å²) in [6, 6.07) is 11.8. The monoisotopic (exact) mass is 516 g/mol. The molecule has 2 heterocycles. The van der Waals surface area contributed by atoms with E-state index in [2.05, 4.69) is 27.4 Å². The van der Waals surface area contributed by atoms with Crippen molar-refractivity contribution in [2.75, 3.05) is 5.75 Å². The number of para-hydroxylation sites is 1. The average molecular weight is 517 g/mol. The summed E-state index contributed by atoms with van der Waals surface area (Å²) in [5.41, 5.74) is 1.67. The number of unbranched alkanes of at least 4 members (excludes halogenated alkanes) is 2. The van der Waals surface area contributed by atoms with Gasteiger partial charge in [-0.1, -0.05) is 61.9 Å². The molecule has 0 fully saturated rings. The molecule has 0 saturated heterocycles. The van der Waals surface area contributed by atoms with Gasteiger partial charge in [-0.05, 0) is 35.7 Å². The van der Waals surface area contributed by atoms with Crippen LogP contribution in [-0.4, -0.2) is 26.8 Å². The van der Waals surface area contributed by atoms with Gasteiger partial charge in [0.05, 0.1) is 12.0 Å². The number of fused-ring (bicyclic) bond motifs is 1. The average Bonchev–Trinajstić information content (AvgIpc) is 3.49. The lowest BCUT2D eigenvalue weighted by Crippen LogP contribution is -2.31. The van der Waals surface area contributed by atoms with Gasteiger partial charge in [0.25, 0.3) is 5.22 Å². The summed E-state index contributed by atoms with van der Waals surface area (Å²) >= 11 is 1.48. The third-order valence-electron chi connectivity index (χ3n) is 5.77. The van der Waals surface area contributed by atoms with Crippen LogP contribution >= 0.6 is 11.8 Å². The summed E-state index contributed by atoms with van der Waals surface area (Å²) in [6.07, 6.45) is 1.08. The highest BCUT2D eigenvalue weighted by atomic mass is 32.2. The van der Waals surface area contributed by atoms with Crippen molar-refractivity contribution in [1.82, 2.24) is 20.5 Å². The van der Waals surface area contributed by atoms with Gasteiger partial charge in [0.1, 0.15) is 6.04 Å². The highest BCUT2D eigenvalue weighted by molar-refractivity contribution is 7.99. The number of rotatable bonds is 11. The lowest BCUT2D eigenvalue weighted by molar-refractivity contribution is -0.137. The van der Waals surface area contributed by atoms with Crippen molar-refractivity contribution >= 4 is 28.6 Å². The van der Waals surface area contributed by atoms with E-state index in [1.807, 2.05) is 30.5 Å². The van der Waals surface area contributed by atoms with E-state index in [-0.39, 0.29) is 12.3 Å². The number of H-pyrrole nitrogens is 1. The molecule has 2 aromatic heterocycles. The topological polar surface area (TPSA) is 83.8 Å². The Balaban J connectivity index is 1.49. The third kappa shape index (κ3) is 6.69. The fourth-order valence-electron chi connectivity index (χ4n) is 3.89. The number of nitrogens with one attached hydrogen (secondary N) is 2. The normalized spacial score (nSPS) is 12.7. The standard InChI is InChI=1S/C26H27F3N4O2S/c1-2-3-6-13-36-25-33-32-24(35-25)22(15-18-16-30-21-8-5-4-7-20(18)21)31-23(34)14-17-9-11-19(12-10-17)26(27,28)29/h4-5,7-12,16,22,30H,2-3,6,13-15H2,1H3,(H,31,34)/t22-/m0/s1. The highest BCUT2D eigenvalue weighted by Gasteiger charge is 2.30. The molecule has 1 amide bonds. The quantitative estimate of drug-likeness (QED) is 0.176. The predicted octanol–water partition coefficient (Wildman–Crippen LogP) is 6.49. The lowest BCUT2D eigenvalue weighted by Gasteiger charge is -2.15. The molecule has 4 aromatic rings. The number of amides is 1. The molecule has 0 saturated carbocycles. The molecule has 1 atom stereocenters. The predicted molar refractivity (Wildman–Crippen MR) is 133 cm³/mol. The SMILES string of the molecule is CCCCCSc1nnc([C@H](Cc2c[nH]c3ccccc23)NC(=O)Cc2ccc(C(F)(F)F)cc2)o1. The van der Waals surface area contributed by atoms with Gasteiger partial charge in [0, 0.05) is 29.3 Å². The van der Waals surface area contributed by atoms with Crippen LogP contribution in [0.5, 0.6) is 0 Å². The van der Waals surface area contributed by atoms with Gasteiger partial charge < -0.3 is 14.7 Å². The van der Waals surface area contributed by atoms with Crippen molar-refractivity contribution in [3.63, 3.8) is 0 Å².